The molecule has 3 rings (SSSR count). The van der Waals surface area contributed by atoms with Gasteiger partial charge in [-0.2, -0.15) is 0 Å². The summed E-state index contributed by atoms with van der Waals surface area (Å²) in [6, 6.07) is 6.32. The molecule has 1 aromatic carbocycles. The van der Waals surface area contributed by atoms with E-state index in [1.807, 2.05) is 19.0 Å². The van der Waals surface area contributed by atoms with Crippen LogP contribution in [0.1, 0.15) is 29.6 Å². The number of rotatable bonds is 4. The van der Waals surface area contributed by atoms with Crippen molar-refractivity contribution in [2.24, 2.45) is 5.41 Å². The summed E-state index contributed by atoms with van der Waals surface area (Å²) in [5.41, 5.74) is 0.566. The minimum atomic E-state index is -0.459. The number of carbonyl (C=O) groups excluding carboxylic acids is 3. The molecule has 1 unspecified atom stereocenters. The number of carboxylic acid groups (broad SMARTS) is 1. The molecule has 2 fully saturated rings. The predicted octanol–water partition coefficient (Wildman–Crippen LogP) is 1.67. The third-order valence-corrected chi connectivity index (χ3v) is 5.46. The van der Waals surface area contributed by atoms with Crippen molar-refractivity contribution in [3.05, 3.63) is 29.8 Å². The average molecular weight is 435 g/mol. The molecule has 0 radical (unpaired) electrons. The zero-order chi connectivity index (χ0) is 23.0. The maximum Gasteiger partial charge on any atom is 0.337 e. The Hall–Kier alpha value is -3.14. The summed E-state index contributed by atoms with van der Waals surface area (Å²) in [7, 11) is 5.25. The Labute approximate surface area is 181 Å². The van der Waals surface area contributed by atoms with Crippen molar-refractivity contribution in [1.29, 1.82) is 0 Å². The first-order chi connectivity index (χ1) is 14.7. The molecule has 31 heavy (non-hydrogen) atoms. The van der Waals surface area contributed by atoms with Gasteiger partial charge in [-0.3, -0.25) is 9.59 Å². The SMILES string of the molecule is COC(=O)c1ccc(NC(=O)N2CCC3(CC2)CC(CN(C)C)OC3=O)cc1.O=CO. The zero-order valence-corrected chi connectivity index (χ0v) is 18.0. The Morgan fingerprint density at radius 3 is 2.39 bits per heavy atom. The molecule has 1 aromatic rings. The number of carbonyl (C=O) groups is 4. The maximum absolute atomic E-state index is 12.5. The lowest BCUT2D eigenvalue weighted by Crippen LogP contribution is -2.46. The number of hydrogen-bond acceptors (Lipinski definition) is 7. The van der Waals surface area contributed by atoms with Crippen molar-refractivity contribution in [3.8, 4) is 0 Å². The maximum atomic E-state index is 12.5. The van der Waals surface area contributed by atoms with Crippen LogP contribution in [0.3, 0.4) is 0 Å². The van der Waals surface area contributed by atoms with E-state index >= 15 is 0 Å². The van der Waals surface area contributed by atoms with Crippen molar-refractivity contribution in [1.82, 2.24) is 9.80 Å². The molecule has 170 valence electrons. The van der Waals surface area contributed by atoms with E-state index in [2.05, 4.69) is 10.1 Å². The molecule has 1 atom stereocenters. The summed E-state index contributed by atoms with van der Waals surface area (Å²) in [5, 5.41) is 9.72. The number of likely N-dealkylation sites (N-methyl/N-ethyl adjacent to an activating group) is 1. The third kappa shape index (κ3) is 6.17. The molecular weight excluding hydrogens is 406 g/mol. The molecule has 0 saturated carbocycles. The van der Waals surface area contributed by atoms with E-state index in [4.69, 9.17) is 14.6 Å². The van der Waals surface area contributed by atoms with Gasteiger partial charge in [-0.15, -0.1) is 0 Å². The first-order valence-electron chi connectivity index (χ1n) is 9.92. The second-order valence-corrected chi connectivity index (χ2v) is 7.87. The van der Waals surface area contributed by atoms with Crippen LogP contribution in [-0.2, 0) is 19.1 Å². The summed E-state index contributed by atoms with van der Waals surface area (Å²) in [6.07, 6.45) is 1.87. The fraction of sp³-hybridized carbons (Fsp3) is 0.524. The summed E-state index contributed by atoms with van der Waals surface area (Å²) >= 11 is 0. The highest BCUT2D eigenvalue weighted by Crippen LogP contribution is 2.43. The summed E-state index contributed by atoms with van der Waals surface area (Å²) < 4.78 is 10.2. The molecule has 2 amide bonds. The van der Waals surface area contributed by atoms with Crippen LogP contribution in [0, 0.1) is 5.41 Å². The molecule has 0 aromatic heterocycles. The van der Waals surface area contributed by atoms with Crippen molar-refractivity contribution < 1.29 is 33.8 Å². The van der Waals surface area contributed by atoms with Crippen LogP contribution >= 0.6 is 0 Å². The van der Waals surface area contributed by atoms with Crippen molar-refractivity contribution in [2.75, 3.05) is 46.2 Å². The zero-order valence-electron chi connectivity index (χ0n) is 18.0. The minimum Gasteiger partial charge on any atom is -0.483 e. The number of esters is 2. The number of nitrogens with zero attached hydrogens (tertiary/aromatic N) is 2. The van der Waals surface area contributed by atoms with E-state index in [1.54, 1.807) is 29.2 Å². The molecule has 0 bridgehead atoms. The van der Waals surface area contributed by atoms with Crippen LogP contribution in [0.25, 0.3) is 0 Å². The largest absolute Gasteiger partial charge is 0.483 e. The molecule has 0 aliphatic carbocycles. The summed E-state index contributed by atoms with van der Waals surface area (Å²) in [4.78, 5) is 48.5. The molecule has 10 nitrogen and oxygen atoms in total. The highest BCUT2D eigenvalue weighted by atomic mass is 16.6. The summed E-state index contributed by atoms with van der Waals surface area (Å²) in [6.45, 7) is 1.49. The van der Waals surface area contributed by atoms with Crippen LogP contribution in [0.15, 0.2) is 24.3 Å². The van der Waals surface area contributed by atoms with Gasteiger partial charge in [0.1, 0.15) is 6.10 Å². The standard InChI is InChI=1S/C20H27N3O5.CH2O2/c1-22(2)13-16-12-20(18(25)28-16)8-10-23(11-9-20)19(26)21-15-6-4-14(5-7-15)17(24)27-3;2-1-3/h4-7,16H,8-13H2,1-3H3,(H,21,26);1H,(H,2,3). The lowest BCUT2D eigenvalue weighted by atomic mass is 9.76. The van der Waals surface area contributed by atoms with Crippen LogP contribution in [0.5, 0.6) is 0 Å². The lowest BCUT2D eigenvalue weighted by molar-refractivity contribution is -0.150. The Balaban J connectivity index is 0.00000107. The van der Waals surface area contributed by atoms with E-state index in [0.29, 0.717) is 43.6 Å². The second kappa shape index (κ2) is 10.8. The number of piperidine rings is 1. The van der Waals surface area contributed by atoms with Gasteiger partial charge in [-0.05, 0) is 51.2 Å². The molecule has 10 heteroatoms. The summed E-state index contributed by atoms with van der Waals surface area (Å²) in [5.74, 6) is -0.548. The van der Waals surface area contributed by atoms with Gasteiger partial charge in [0.2, 0.25) is 0 Å². The number of nitrogens with one attached hydrogen (secondary N) is 1. The Morgan fingerprint density at radius 2 is 1.87 bits per heavy atom. The number of benzene rings is 1. The van der Waals surface area contributed by atoms with Crippen molar-refractivity contribution in [3.63, 3.8) is 0 Å². The normalized spacial score (nSPS) is 19.3. The molecule has 2 heterocycles. The molecular formula is C21H29N3O7. The highest BCUT2D eigenvalue weighted by molar-refractivity contribution is 5.92. The van der Waals surface area contributed by atoms with Gasteiger partial charge in [0.25, 0.3) is 6.47 Å². The Bertz CT molecular complexity index is 787. The van der Waals surface area contributed by atoms with Crippen LogP contribution in [-0.4, -0.2) is 86.3 Å². The van der Waals surface area contributed by atoms with E-state index in [1.165, 1.54) is 7.11 Å². The first-order valence-corrected chi connectivity index (χ1v) is 9.92. The van der Waals surface area contributed by atoms with Crippen LogP contribution in [0.2, 0.25) is 0 Å². The topological polar surface area (TPSA) is 125 Å². The number of hydrogen-bond donors (Lipinski definition) is 2. The van der Waals surface area contributed by atoms with Crippen LogP contribution < -0.4 is 5.32 Å². The molecule has 1 spiro atoms. The van der Waals surface area contributed by atoms with Crippen molar-refractivity contribution >= 4 is 30.1 Å². The van der Waals surface area contributed by atoms with Gasteiger partial charge < -0.3 is 29.7 Å². The smallest absolute Gasteiger partial charge is 0.337 e. The Kier molecular flexibility index (Phi) is 8.38. The number of amides is 2. The third-order valence-electron chi connectivity index (χ3n) is 5.46. The number of ether oxygens (including phenoxy) is 2. The average Bonchev–Trinajstić information content (AvgIpc) is 3.02. The minimum absolute atomic E-state index is 0.0730. The molecule has 2 N–H and O–H groups in total. The highest BCUT2D eigenvalue weighted by Gasteiger charge is 2.50. The van der Waals surface area contributed by atoms with Gasteiger partial charge in [0, 0.05) is 31.7 Å². The van der Waals surface area contributed by atoms with Gasteiger partial charge in [0.05, 0.1) is 18.1 Å². The number of cyclic esters (lactones) is 1. The second-order valence-electron chi connectivity index (χ2n) is 7.87. The van der Waals surface area contributed by atoms with Crippen LogP contribution in [0.4, 0.5) is 10.5 Å². The number of urea groups is 1. The van der Waals surface area contributed by atoms with E-state index < -0.39 is 11.4 Å². The fourth-order valence-electron chi connectivity index (χ4n) is 3.90. The molecule has 2 aliphatic rings. The Morgan fingerprint density at radius 1 is 1.29 bits per heavy atom. The van der Waals surface area contributed by atoms with Gasteiger partial charge in [0.15, 0.2) is 0 Å². The number of methoxy groups -OCH3 is 1. The first kappa shape index (κ1) is 24.1. The van der Waals surface area contributed by atoms with E-state index in [-0.39, 0.29) is 24.6 Å². The van der Waals surface area contributed by atoms with Gasteiger partial charge in [-0.1, -0.05) is 0 Å². The lowest BCUT2D eigenvalue weighted by Gasteiger charge is -2.36. The van der Waals surface area contributed by atoms with Gasteiger partial charge >= 0.3 is 18.0 Å². The quantitative estimate of drug-likeness (QED) is 0.540. The monoisotopic (exact) mass is 435 g/mol. The predicted molar refractivity (Wildman–Crippen MR) is 112 cm³/mol. The molecule has 2 aliphatic heterocycles. The van der Waals surface area contributed by atoms with Crippen molar-refractivity contribution in [2.45, 2.75) is 25.4 Å². The van der Waals surface area contributed by atoms with Gasteiger partial charge in [-0.25, -0.2) is 9.59 Å². The number of likely N-dealkylation sites (tertiary alicyclic amines) is 1. The fourth-order valence-corrected chi connectivity index (χ4v) is 3.90. The number of anilines is 1. The van der Waals surface area contributed by atoms with E-state index in [0.717, 1.165) is 6.54 Å². The molecule has 2 saturated heterocycles. The van der Waals surface area contributed by atoms with E-state index in [9.17, 15) is 14.4 Å².